The summed E-state index contributed by atoms with van der Waals surface area (Å²) in [5.41, 5.74) is 0. The minimum atomic E-state index is 0.0610. The fourth-order valence-corrected chi connectivity index (χ4v) is 3.10. The lowest BCUT2D eigenvalue weighted by Gasteiger charge is -2.36. The molecule has 0 spiro atoms. The molecule has 1 aliphatic rings. The van der Waals surface area contributed by atoms with Crippen LogP contribution in [0.5, 0.6) is 0 Å². The van der Waals surface area contributed by atoms with Crippen molar-refractivity contribution in [1.29, 1.82) is 0 Å². The third-order valence-electron chi connectivity index (χ3n) is 4.72. The molecule has 1 saturated heterocycles. The molecule has 0 bridgehead atoms. The van der Waals surface area contributed by atoms with Gasteiger partial charge in [0.1, 0.15) is 5.82 Å². The normalized spacial score (nSPS) is 18.2. The Morgan fingerprint density at radius 2 is 1.96 bits per heavy atom. The van der Waals surface area contributed by atoms with Crippen LogP contribution < -0.4 is 10.2 Å². The predicted octanol–water partition coefficient (Wildman–Crippen LogP) is 1.30. The van der Waals surface area contributed by atoms with E-state index in [4.69, 9.17) is 0 Å². The molecule has 2 atom stereocenters. The summed E-state index contributed by atoms with van der Waals surface area (Å²) in [6, 6.07) is 6.22. The predicted molar refractivity (Wildman–Crippen MR) is 103 cm³/mol. The molecule has 0 saturated carbocycles. The van der Waals surface area contributed by atoms with E-state index in [2.05, 4.69) is 38.0 Å². The zero-order chi connectivity index (χ0) is 18.2. The van der Waals surface area contributed by atoms with Crippen LogP contribution in [0.3, 0.4) is 0 Å². The highest BCUT2D eigenvalue weighted by Crippen LogP contribution is 2.12. The van der Waals surface area contributed by atoms with Gasteiger partial charge in [0.25, 0.3) is 0 Å². The molecule has 1 amide bonds. The average molecular weight is 348 g/mol. The molecule has 1 fully saturated rings. The SMILES string of the molecule is CC(CN1CCN(c2ccccn2)CC1)NC(=O)C(C)CCN(C)C. The maximum atomic E-state index is 12.3. The number of rotatable bonds is 8. The summed E-state index contributed by atoms with van der Waals surface area (Å²) >= 11 is 0. The van der Waals surface area contributed by atoms with Gasteiger partial charge >= 0.3 is 0 Å². The van der Waals surface area contributed by atoms with Gasteiger partial charge in [-0.25, -0.2) is 4.98 Å². The Bertz CT molecular complexity index is 514. The van der Waals surface area contributed by atoms with E-state index < -0.39 is 0 Å². The van der Waals surface area contributed by atoms with Gasteiger partial charge in [-0.15, -0.1) is 0 Å². The average Bonchev–Trinajstić information content (AvgIpc) is 2.60. The smallest absolute Gasteiger partial charge is 0.223 e. The molecule has 6 nitrogen and oxygen atoms in total. The first-order chi connectivity index (χ1) is 12.0. The molecular formula is C19H33N5O. The lowest BCUT2D eigenvalue weighted by Crippen LogP contribution is -2.51. The Labute approximate surface area is 152 Å². The molecule has 1 aliphatic heterocycles. The molecule has 2 heterocycles. The summed E-state index contributed by atoms with van der Waals surface area (Å²) in [5.74, 6) is 1.28. The molecule has 1 N–H and O–H groups in total. The fourth-order valence-electron chi connectivity index (χ4n) is 3.10. The van der Waals surface area contributed by atoms with Crippen LogP contribution in [0.2, 0.25) is 0 Å². The van der Waals surface area contributed by atoms with Gasteiger partial charge in [-0.2, -0.15) is 0 Å². The van der Waals surface area contributed by atoms with Crippen LogP contribution in [0.25, 0.3) is 0 Å². The number of nitrogens with zero attached hydrogens (tertiary/aromatic N) is 4. The largest absolute Gasteiger partial charge is 0.354 e. The van der Waals surface area contributed by atoms with Gasteiger partial charge in [-0.05, 0) is 46.1 Å². The standard InChI is InChI=1S/C19H33N5O/c1-16(8-10-22(3)4)19(25)21-17(2)15-23-11-13-24(14-12-23)18-7-5-6-9-20-18/h5-7,9,16-17H,8,10-15H2,1-4H3,(H,21,25). The van der Waals surface area contributed by atoms with Crippen molar-refractivity contribution >= 4 is 11.7 Å². The summed E-state index contributed by atoms with van der Waals surface area (Å²) in [6.07, 6.45) is 2.74. The molecule has 1 aromatic rings. The molecular weight excluding hydrogens is 314 g/mol. The number of anilines is 1. The number of carbonyl (C=O) groups excluding carboxylic acids is 1. The minimum absolute atomic E-state index is 0.0610. The van der Waals surface area contributed by atoms with E-state index in [1.54, 1.807) is 0 Å². The van der Waals surface area contributed by atoms with Gasteiger partial charge in [0, 0.05) is 50.9 Å². The lowest BCUT2D eigenvalue weighted by molar-refractivity contribution is -0.125. The third kappa shape index (κ3) is 6.63. The van der Waals surface area contributed by atoms with Crippen molar-refractivity contribution in [3.05, 3.63) is 24.4 Å². The molecule has 140 valence electrons. The third-order valence-corrected chi connectivity index (χ3v) is 4.72. The van der Waals surface area contributed by atoms with Crippen LogP contribution in [0.15, 0.2) is 24.4 Å². The number of carbonyl (C=O) groups is 1. The van der Waals surface area contributed by atoms with Gasteiger partial charge in [0.05, 0.1) is 0 Å². The molecule has 2 unspecified atom stereocenters. The van der Waals surface area contributed by atoms with Crippen LogP contribution in [0.4, 0.5) is 5.82 Å². The van der Waals surface area contributed by atoms with Gasteiger partial charge in [0.2, 0.25) is 5.91 Å². The Morgan fingerprint density at radius 1 is 1.24 bits per heavy atom. The first-order valence-corrected chi connectivity index (χ1v) is 9.29. The van der Waals surface area contributed by atoms with Gasteiger partial charge in [0.15, 0.2) is 0 Å². The Hall–Kier alpha value is -1.66. The van der Waals surface area contributed by atoms with Crippen molar-refractivity contribution in [1.82, 2.24) is 20.1 Å². The minimum Gasteiger partial charge on any atom is -0.354 e. The van der Waals surface area contributed by atoms with Crippen molar-refractivity contribution in [2.45, 2.75) is 26.3 Å². The van der Waals surface area contributed by atoms with Crippen LogP contribution in [-0.4, -0.2) is 80.1 Å². The highest BCUT2D eigenvalue weighted by molar-refractivity contribution is 5.78. The highest BCUT2D eigenvalue weighted by Gasteiger charge is 2.21. The molecule has 0 aliphatic carbocycles. The quantitative estimate of drug-likeness (QED) is 0.768. The van der Waals surface area contributed by atoms with E-state index in [0.29, 0.717) is 0 Å². The summed E-state index contributed by atoms with van der Waals surface area (Å²) in [6.45, 7) is 9.94. The number of nitrogens with one attached hydrogen (secondary N) is 1. The second kappa shape index (κ2) is 9.73. The van der Waals surface area contributed by atoms with Crippen molar-refractivity contribution in [3.8, 4) is 0 Å². The van der Waals surface area contributed by atoms with Crippen LogP contribution >= 0.6 is 0 Å². The zero-order valence-corrected chi connectivity index (χ0v) is 16.1. The van der Waals surface area contributed by atoms with Crippen molar-refractivity contribution < 1.29 is 4.79 Å². The van der Waals surface area contributed by atoms with E-state index in [9.17, 15) is 4.79 Å². The first kappa shape index (κ1) is 19.7. The number of amides is 1. The number of aromatic nitrogens is 1. The van der Waals surface area contributed by atoms with Crippen LogP contribution in [0.1, 0.15) is 20.3 Å². The van der Waals surface area contributed by atoms with Crippen molar-refractivity contribution in [3.63, 3.8) is 0 Å². The maximum Gasteiger partial charge on any atom is 0.223 e. The van der Waals surface area contributed by atoms with Gasteiger partial charge in [-0.3, -0.25) is 9.69 Å². The Morgan fingerprint density at radius 3 is 2.56 bits per heavy atom. The zero-order valence-electron chi connectivity index (χ0n) is 16.1. The molecule has 25 heavy (non-hydrogen) atoms. The van der Waals surface area contributed by atoms with Crippen LogP contribution in [0, 0.1) is 5.92 Å². The highest BCUT2D eigenvalue weighted by atomic mass is 16.1. The molecule has 2 rings (SSSR count). The molecule has 6 heteroatoms. The van der Waals surface area contributed by atoms with Crippen molar-refractivity contribution in [2.75, 3.05) is 58.3 Å². The van der Waals surface area contributed by atoms with E-state index in [-0.39, 0.29) is 17.9 Å². The number of hydrogen-bond donors (Lipinski definition) is 1. The topological polar surface area (TPSA) is 51.7 Å². The van der Waals surface area contributed by atoms with Crippen LogP contribution in [-0.2, 0) is 4.79 Å². The molecule has 0 radical (unpaired) electrons. The van der Waals surface area contributed by atoms with E-state index >= 15 is 0 Å². The van der Waals surface area contributed by atoms with Gasteiger partial charge < -0.3 is 15.1 Å². The van der Waals surface area contributed by atoms with E-state index in [0.717, 1.165) is 51.5 Å². The molecule has 0 aromatic carbocycles. The number of pyridine rings is 1. The fraction of sp³-hybridized carbons (Fsp3) is 0.684. The van der Waals surface area contributed by atoms with Gasteiger partial charge in [-0.1, -0.05) is 13.0 Å². The summed E-state index contributed by atoms with van der Waals surface area (Å²) in [4.78, 5) is 23.6. The first-order valence-electron chi connectivity index (χ1n) is 9.29. The van der Waals surface area contributed by atoms with E-state index in [1.165, 1.54) is 0 Å². The van der Waals surface area contributed by atoms with E-state index in [1.807, 2.05) is 39.3 Å². The second-order valence-electron chi connectivity index (χ2n) is 7.38. The second-order valence-corrected chi connectivity index (χ2v) is 7.38. The maximum absolute atomic E-state index is 12.3. The Kier molecular flexibility index (Phi) is 7.65. The van der Waals surface area contributed by atoms with Crippen molar-refractivity contribution in [2.24, 2.45) is 5.92 Å². The monoisotopic (exact) mass is 347 g/mol. The summed E-state index contributed by atoms with van der Waals surface area (Å²) < 4.78 is 0. The number of hydrogen-bond acceptors (Lipinski definition) is 5. The number of piperazine rings is 1. The Balaban J connectivity index is 1.69. The lowest BCUT2D eigenvalue weighted by atomic mass is 10.1. The summed E-state index contributed by atoms with van der Waals surface area (Å²) in [7, 11) is 4.08. The molecule has 1 aromatic heterocycles. The summed E-state index contributed by atoms with van der Waals surface area (Å²) in [5, 5.41) is 3.17.